The van der Waals surface area contributed by atoms with E-state index in [2.05, 4.69) is 50.2 Å². The third kappa shape index (κ3) is 4.27. The topological polar surface area (TPSA) is 77.2 Å². The van der Waals surface area contributed by atoms with E-state index in [0.717, 1.165) is 43.6 Å². The molecule has 1 aliphatic heterocycles. The molecule has 2 aromatic carbocycles. The molecule has 0 radical (unpaired) electrons. The van der Waals surface area contributed by atoms with Gasteiger partial charge in [0.15, 0.2) is 11.6 Å². The highest BCUT2D eigenvalue weighted by atomic mass is 19.1. The summed E-state index contributed by atoms with van der Waals surface area (Å²) in [6.07, 6.45) is 0. The summed E-state index contributed by atoms with van der Waals surface area (Å²) in [7, 11) is 3.56. The number of ether oxygens (including phenoxy) is 1. The average molecular weight is 448 g/mol. The summed E-state index contributed by atoms with van der Waals surface area (Å²) in [5, 5.41) is 7.56. The van der Waals surface area contributed by atoms with E-state index < -0.39 is 5.82 Å². The monoisotopic (exact) mass is 447 g/mol. The number of nitrogens with zero attached hydrogens (tertiary/aromatic N) is 3. The van der Waals surface area contributed by atoms with Crippen molar-refractivity contribution < 1.29 is 9.13 Å². The van der Waals surface area contributed by atoms with E-state index in [4.69, 9.17) is 4.74 Å². The van der Waals surface area contributed by atoms with Gasteiger partial charge in [0.1, 0.15) is 0 Å². The SMILES string of the molecule is COc1cccc(-c2cc(-c3cc4ccc(CN5CCN(C)CC5)cc4[nH]3)c(=O)[nH]n2)c1F. The number of hydrogen-bond donors (Lipinski definition) is 2. The lowest BCUT2D eigenvalue weighted by molar-refractivity contribution is 0.148. The Morgan fingerprint density at radius 2 is 1.88 bits per heavy atom. The van der Waals surface area contributed by atoms with E-state index in [1.54, 1.807) is 24.3 Å². The van der Waals surface area contributed by atoms with Gasteiger partial charge in [-0.05, 0) is 42.9 Å². The van der Waals surface area contributed by atoms with Crippen LogP contribution in [-0.2, 0) is 6.54 Å². The summed E-state index contributed by atoms with van der Waals surface area (Å²) in [4.78, 5) is 20.7. The zero-order valence-corrected chi connectivity index (χ0v) is 18.7. The van der Waals surface area contributed by atoms with Gasteiger partial charge in [-0.25, -0.2) is 9.49 Å². The largest absolute Gasteiger partial charge is 0.494 e. The number of likely N-dealkylation sites (N-methyl/N-ethyl adjacent to an activating group) is 1. The Labute approximate surface area is 190 Å². The summed E-state index contributed by atoms with van der Waals surface area (Å²) < 4.78 is 19.8. The number of nitrogens with one attached hydrogen (secondary N) is 2. The van der Waals surface area contributed by atoms with Gasteiger partial charge in [-0.2, -0.15) is 5.10 Å². The van der Waals surface area contributed by atoms with Crippen molar-refractivity contribution in [1.29, 1.82) is 0 Å². The lowest BCUT2D eigenvalue weighted by Crippen LogP contribution is -2.43. The maximum absolute atomic E-state index is 14.7. The lowest BCUT2D eigenvalue weighted by Gasteiger charge is -2.32. The standard InChI is InChI=1S/C25H26FN5O2/c1-30-8-10-31(11-9-30)15-16-6-7-17-13-21(27-20(17)12-16)19-14-22(28-29-25(19)32)18-4-3-5-23(33-2)24(18)26/h3-7,12-14,27H,8-11,15H2,1-2H3,(H,29,32). The predicted molar refractivity (Wildman–Crippen MR) is 127 cm³/mol. The van der Waals surface area contributed by atoms with Crippen LogP contribution in [0.25, 0.3) is 33.4 Å². The molecule has 0 atom stereocenters. The van der Waals surface area contributed by atoms with Crippen LogP contribution in [0.4, 0.5) is 4.39 Å². The van der Waals surface area contributed by atoms with E-state index in [9.17, 15) is 9.18 Å². The Hall–Kier alpha value is -3.49. The third-order valence-corrected chi connectivity index (χ3v) is 6.24. The fraction of sp³-hybridized carbons (Fsp3) is 0.280. The summed E-state index contributed by atoms with van der Waals surface area (Å²) in [5.41, 5.74) is 3.50. The van der Waals surface area contributed by atoms with Crippen LogP contribution in [0.3, 0.4) is 0 Å². The summed E-state index contributed by atoms with van der Waals surface area (Å²) >= 11 is 0. The molecular formula is C25H26FN5O2. The van der Waals surface area contributed by atoms with Gasteiger partial charge in [-0.1, -0.05) is 18.2 Å². The number of halogens is 1. The molecule has 33 heavy (non-hydrogen) atoms. The second-order valence-electron chi connectivity index (χ2n) is 8.50. The van der Waals surface area contributed by atoms with Gasteiger partial charge in [0, 0.05) is 49.2 Å². The number of methoxy groups -OCH3 is 1. The van der Waals surface area contributed by atoms with Crippen molar-refractivity contribution >= 4 is 10.9 Å². The van der Waals surface area contributed by atoms with Crippen LogP contribution < -0.4 is 10.3 Å². The van der Waals surface area contributed by atoms with Crippen molar-refractivity contribution in [2.75, 3.05) is 40.3 Å². The normalized spacial score (nSPS) is 15.2. The molecule has 0 unspecified atom stereocenters. The van der Waals surface area contributed by atoms with Crippen LogP contribution in [-0.4, -0.2) is 65.3 Å². The Morgan fingerprint density at radius 3 is 2.67 bits per heavy atom. The second-order valence-corrected chi connectivity index (χ2v) is 8.50. The molecule has 5 rings (SSSR count). The van der Waals surface area contributed by atoms with Crippen LogP contribution >= 0.6 is 0 Å². The Kier molecular flexibility index (Phi) is 5.70. The molecular weight excluding hydrogens is 421 g/mol. The minimum absolute atomic E-state index is 0.126. The molecule has 0 saturated carbocycles. The molecule has 0 spiro atoms. The first-order valence-electron chi connectivity index (χ1n) is 11.0. The third-order valence-electron chi connectivity index (χ3n) is 6.24. The highest BCUT2D eigenvalue weighted by molar-refractivity contribution is 5.86. The van der Waals surface area contributed by atoms with Gasteiger partial charge in [0.2, 0.25) is 0 Å². The van der Waals surface area contributed by atoms with Gasteiger partial charge in [0.05, 0.1) is 24.1 Å². The summed E-state index contributed by atoms with van der Waals surface area (Å²) in [6.45, 7) is 5.17. The quantitative estimate of drug-likeness (QED) is 0.490. The van der Waals surface area contributed by atoms with Crippen LogP contribution in [0.5, 0.6) is 5.75 Å². The number of fused-ring (bicyclic) bond motifs is 1. The number of aromatic nitrogens is 3. The Balaban J connectivity index is 1.47. The van der Waals surface area contributed by atoms with Gasteiger partial charge in [0.25, 0.3) is 5.56 Å². The van der Waals surface area contributed by atoms with Gasteiger partial charge in [-0.15, -0.1) is 0 Å². The Bertz CT molecular complexity index is 1350. The predicted octanol–water partition coefficient (Wildman–Crippen LogP) is 3.48. The minimum Gasteiger partial charge on any atom is -0.494 e. The van der Waals surface area contributed by atoms with Crippen molar-refractivity contribution in [3.8, 4) is 28.3 Å². The van der Waals surface area contributed by atoms with Crippen molar-refractivity contribution in [3.05, 3.63) is 70.3 Å². The highest BCUT2D eigenvalue weighted by Crippen LogP contribution is 2.30. The Morgan fingerprint density at radius 1 is 1.06 bits per heavy atom. The zero-order valence-electron chi connectivity index (χ0n) is 18.7. The summed E-state index contributed by atoms with van der Waals surface area (Å²) in [5.74, 6) is -0.392. The second kappa shape index (κ2) is 8.80. The van der Waals surface area contributed by atoms with E-state index in [1.807, 2.05) is 6.07 Å². The number of aromatic amines is 2. The number of rotatable bonds is 5. The number of hydrogen-bond acceptors (Lipinski definition) is 5. The fourth-order valence-corrected chi connectivity index (χ4v) is 4.29. The van der Waals surface area contributed by atoms with Gasteiger partial charge < -0.3 is 14.6 Å². The zero-order chi connectivity index (χ0) is 22.9. The van der Waals surface area contributed by atoms with Gasteiger partial charge >= 0.3 is 0 Å². The van der Waals surface area contributed by atoms with Crippen LogP contribution in [0.2, 0.25) is 0 Å². The van der Waals surface area contributed by atoms with Crippen molar-refractivity contribution in [2.45, 2.75) is 6.54 Å². The highest BCUT2D eigenvalue weighted by Gasteiger charge is 2.17. The lowest BCUT2D eigenvalue weighted by atomic mass is 10.1. The van der Waals surface area contributed by atoms with Crippen LogP contribution in [0.15, 0.2) is 53.3 Å². The fourth-order valence-electron chi connectivity index (χ4n) is 4.29. The molecule has 170 valence electrons. The van der Waals surface area contributed by atoms with Crippen LogP contribution in [0, 0.1) is 5.82 Å². The molecule has 1 saturated heterocycles. The number of benzene rings is 2. The summed E-state index contributed by atoms with van der Waals surface area (Å²) in [6, 6.07) is 14.7. The molecule has 4 aromatic rings. The van der Waals surface area contributed by atoms with E-state index in [1.165, 1.54) is 12.7 Å². The molecule has 0 bridgehead atoms. The van der Waals surface area contributed by atoms with Crippen molar-refractivity contribution in [3.63, 3.8) is 0 Å². The molecule has 2 aromatic heterocycles. The first-order chi connectivity index (χ1) is 16.0. The van der Waals surface area contributed by atoms with E-state index in [-0.39, 0.29) is 16.9 Å². The smallest absolute Gasteiger partial charge is 0.273 e. The maximum Gasteiger partial charge on any atom is 0.273 e. The van der Waals surface area contributed by atoms with E-state index >= 15 is 0 Å². The number of H-pyrrole nitrogens is 2. The molecule has 3 heterocycles. The molecule has 1 aliphatic rings. The average Bonchev–Trinajstić information content (AvgIpc) is 3.24. The van der Waals surface area contributed by atoms with Crippen molar-refractivity contribution in [1.82, 2.24) is 25.0 Å². The molecule has 0 amide bonds. The first-order valence-corrected chi connectivity index (χ1v) is 11.0. The van der Waals surface area contributed by atoms with Crippen LogP contribution in [0.1, 0.15) is 5.56 Å². The molecule has 8 heteroatoms. The first kappa shape index (κ1) is 21.4. The maximum atomic E-state index is 14.7. The number of piperazine rings is 1. The minimum atomic E-state index is -0.518. The molecule has 1 fully saturated rings. The molecule has 2 N–H and O–H groups in total. The van der Waals surface area contributed by atoms with Gasteiger partial charge in [-0.3, -0.25) is 9.69 Å². The molecule has 7 nitrogen and oxygen atoms in total. The van der Waals surface area contributed by atoms with Crippen molar-refractivity contribution in [2.24, 2.45) is 0 Å². The van der Waals surface area contributed by atoms with E-state index in [0.29, 0.717) is 17.0 Å². The molecule has 0 aliphatic carbocycles.